The Morgan fingerprint density at radius 1 is 1.54 bits per heavy atom. The van der Waals surface area contributed by atoms with E-state index in [1.807, 2.05) is 25.1 Å². The van der Waals surface area contributed by atoms with E-state index in [9.17, 15) is 4.79 Å². The van der Waals surface area contributed by atoms with Crippen LogP contribution in [0.1, 0.15) is 24.0 Å². The third-order valence-electron chi connectivity index (χ3n) is 1.99. The van der Waals surface area contributed by atoms with Crippen LogP contribution in [0.3, 0.4) is 0 Å². The second-order valence-corrected chi connectivity index (χ2v) is 3.94. The van der Waals surface area contributed by atoms with Gasteiger partial charge in [-0.1, -0.05) is 33.6 Å². The molecule has 0 fully saturated rings. The van der Waals surface area contributed by atoms with Crippen molar-refractivity contribution in [1.82, 2.24) is 0 Å². The summed E-state index contributed by atoms with van der Waals surface area (Å²) in [5.74, 6) is -1.26. The van der Waals surface area contributed by atoms with Crippen molar-refractivity contribution in [2.45, 2.75) is 19.8 Å². The van der Waals surface area contributed by atoms with Crippen LogP contribution in [0.15, 0.2) is 22.7 Å². The number of benzene rings is 1. The highest BCUT2D eigenvalue weighted by molar-refractivity contribution is 9.10. The van der Waals surface area contributed by atoms with Crippen molar-refractivity contribution in [2.24, 2.45) is 0 Å². The van der Waals surface area contributed by atoms with Gasteiger partial charge in [0.05, 0.1) is 5.92 Å². The van der Waals surface area contributed by atoms with Crippen molar-refractivity contribution >= 4 is 21.9 Å². The summed E-state index contributed by atoms with van der Waals surface area (Å²) in [6.07, 6.45) is 0. The number of carbonyl (C=O) groups is 1. The standard InChI is InChI=1S/C10H11BrO2/c1-6-3-4-9(11)8(5-6)7(2)10(12)13/h3-5,7H,1-2H3,(H,12,13). The maximum atomic E-state index is 10.7. The second kappa shape index (κ2) is 3.92. The SMILES string of the molecule is Cc1ccc(Br)c(C(C)C(=O)O)c1. The normalized spacial score (nSPS) is 12.5. The largest absolute Gasteiger partial charge is 0.481 e. The van der Waals surface area contributed by atoms with Crippen molar-refractivity contribution < 1.29 is 9.90 Å². The number of aliphatic carboxylic acids is 1. The maximum absolute atomic E-state index is 10.7. The van der Waals surface area contributed by atoms with E-state index in [1.165, 1.54) is 0 Å². The monoisotopic (exact) mass is 242 g/mol. The smallest absolute Gasteiger partial charge is 0.310 e. The highest BCUT2D eigenvalue weighted by Gasteiger charge is 2.16. The molecule has 0 saturated carbocycles. The minimum atomic E-state index is -0.800. The molecule has 0 radical (unpaired) electrons. The van der Waals surface area contributed by atoms with E-state index in [1.54, 1.807) is 6.92 Å². The highest BCUT2D eigenvalue weighted by Crippen LogP contribution is 2.25. The zero-order chi connectivity index (χ0) is 10.0. The summed E-state index contributed by atoms with van der Waals surface area (Å²) in [6, 6.07) is 5.72. The molecule has 3 heteroatoms. The zero-order valence-corrected chi connectivity index (χ0v) is 9.13. The van der Waals surface area contributed by atoms with Crippen molar-refractivity contribution in [1.29, 1.82) is 0 Å². The van der Waals surface area contributed by atoms with Crippen molar-refractivity contribution in [2.75, 3.05) is 0 Å². The van der Waals surface area contributed by atoms with Crippen molar-refractivity contribution in [3.8, 4) is 0 Å². The molecule has 0 bridgehead atoms. The summed E-state index contributed by atoms with van der Waals surface area (Å²) in [7, 11) is 0. The molecule has 1 atom stereocenters. The van der Waals surface area contributed by atoms with Crippen LogP contribution >= 0.6 is 15.9 Å². The van der Waals surface area contributed by atoms with Gasteiger partial charge in [0, 0.05) is 4.47 Å². The Balaban J connectivity index is 3.12. The van der Waals surface area contributed by atoms with E-state index >= 15 is 0 Å². The third-order valence-corrected chi connectivity index (χ3v) is 2.71. The number of hydrogen-bond acceptors (Lipinski definition) is 1. The molecular formula is C10H11BrO2. The molecule has 0 aromatic heterocycles. The molecule has 1 rings (SSSR count). The average Bonchev–Trinajstić information content (AvgIpc) is 2.08. The first kappa shape index (κ1) is 10.3. The molecule has 0 aliphatic rings. The van der Waals surface area contributed by atoms with Gasteiger partial charge in [-0.2, -0.15) is 0 Å². The fourth-order valence-corrected chi connectivity index (χ4v) is 1.72. The molecule has 1 unspecified atom stereocenters. The second-order valence-electron chi connectivity index (χ2n) is 3.08. The van der Waals surface area contributed by atoms with E-state index in [4.69, 9.17) is 5.11 Å². The van der Waals surface area contributed by atoms with Gasteiger partial charge in [0.1, 0.15) is 0 Å². The van der Waals surface area contributed by atoms with Crippen LogP contribution in [-0.4, -0.2) is 11.1 Å². The van der Waals surface area contributed by atoms with Gasteiger partial charge in [0.25, 0.3) is 0 Å². The van der Waals surface area contributed by atoms with E-state index in [-0.39, 0.29) is 0 Å². The topological polar surface area (TPSA) is 37.3 Å². The maximum Gasteiger partial charge on any atom is 0.310 e. The fraction of sp³-hybridized carbons (Fsp3) is 0.300. The lowest BCUT2D eigenvalue weighted by molar-refractivity contribution is -0.138. The Hall–Kier alpha value is -0.830. The van der Waals surface area contributed by atoms with Gasteiger partial charge in [-0.3, -0.25) is 4.79 Å². The Bertz CT molecular complexity index is 334. The van der Waals surface area contributed by atoms with E-state index in [0.717, 1.165) is 15.6 Å². The lowest BCUT2D eigenvalue weighted by Crippen LogP contribution is -2.08. The quantitative estimate of drug-likeness (QED) is 0.866. The molecular weight excluding hydrogens is 232 g/mol. The summed E-state index contributed by atoms with van der Waals surface area (Å²) in [5.41, 5.74) is 1.90. The van der Waals surface area contributed by atoms with Gasteiger partial charge in [-0.05, 0) is 25.5 Å². The fourth-order valence-electron chi connectivity index (χ4n) is 1.13. The summed E-state index contributed by atoms with van der Waals surface area (Å²) in [4.78, 5) is 10.7. The Labute approximate surface area is 85.7 Å². The van der Waals surface area contributed by atoms with Crippen molar-refractivity contribution in [3.63, 3.8) is 0 Å². The van der Waals surface area contributed by atoms with E-state index in [2.05, 4.69) is 15.9 Å². The molecule has 1 aromatic rings. The summed E-state index contributed by atoms with van der Waals surface area (Å²) < 4.78 is 0.855. The number of hydrogen-bond donors (Lipinski definition) is 1. The third kappa shape index (κ3) is 2.31. The predicted molar refractivity (Wildman–Crippen MR) is 54.9 cm³/mol. The molecule has 0 saturated heterocycles. The van der Waals surface area contributed by atoms with Gasteiger partial charge < -0.3 is 5.11 Å². The Morgan fingerprint density at radius 2 is 2.15 bits per heavy atom. The van der Waals surface area contributed by atoms with Gasteiger partial charge in [-0.25, -0.2) is 0 Å². The summed E-state index contributed by atoms with van der Waals surface area (Å²) in [5, 5.41) is 8.83. The summed E-state index contributed by atoms with van der Waals surface area (Å²) in [6.45, 7) is 3.63. The molecule has 0 amide bonds. The summed E-state index contributed by atoms with van der Waals surface area (Å²) >= 11 is 3.34. The van der Waals surface area contributed by atoms with Crippen LogP contribution in [0, 0.1) is 6.92 Å². The van der Waals surface area contributed by atoms with Crippen LogP contribution in [0.5, 0.6) is 0 Å². The Morgan fingerprint density at radius 3 is 2.69 bits per heavy atom. The molecule has 1 N–H and O–H groups in total. The predicted octanol–water partition coefficient (Wildman–Crippen LogP) is 2.95. The average molecular weight is 243 g/mol. The highest BCUT2D eigenvalue weighted by atomic mass is 79.9. The number of aryl methyl sites for hydroxylation is 1. The van der Waals surface area contributed by atoms with Gasteiger partial charge >= 0.3 is 5.97 Å². The molecule has 70 valence electrons. The zero-order valence-electron chi connectivity index (χ0n) is 7.54. The van der Waals surface area contributed by atoms with E-state index < -0.39 is 11.9 Å². The molecule has 0 aliphatic heterocycles. The van der Waals surface area contributed by atoms with Crippen LogP contribution in [0.2, 0.25) is 0 Å². The minimum Gasteiger partial charge on any atom is -0.481 e. The van der Waals surface area contributed by atoms with E-state index in [0.29, 0.717) is 0 Å². The van der Waals surface area contributed by atoms with Crippen molar-refractivity contribution in [3.05, 3.63) is 33.8 Å². The Kier molecular flexibility index (Phi) is 3.09. The number of carboxylic acids is 1. The molecule has 13 heavy (non-hydrogen) atoms. The van der Waals surface area contributed by atoms with Crippen LogP contribution in [0.4, 0.5) is 0 Å². The molecule has 0 heterocycles. The van der Waals surface area contributed by atoms with Crippen LogP contribution < -0.4 is 0 Å². The lowest BCUT2D eigenvalue weighted by atomic mass is 10.00. The van der Waals surface area contributed by atoms with Gasteiger partial charge in [0.2, 0.25) is 0 Å². The van der Waals surface area contributed by atoms with Gasteiger partial charge in [0.15, 0.2) is 0 Å². The molecule has 0 aliphatic carbocycles. The van der Waals surface area contributed by atoms with Crippen LogP contribution in [-0.2, 0) is 4.79 Å². The minimum absolute atomic E-state index is 0.464. The molecule has 0 spiro atoms. The first-order chi connectivity index (χ1) is 6.02. The van der Waals surface area contributed by atoms with Crippen LogP contribution in [0.25, 0.3) is 0 Å². The lowest BCUT2D eigenvalue weighted by Gasteiger charge is -2.09. The first-order valence-corrected chi connectivity index (χ1v) is 4.80. The number of rotatable bonds is 2. The molecule has 2 nitrogen and oxygen atoms in total. The first-order valence-electron chi connectivity index (χ1n) is 4.01. The number of halogens is 1. The molecule has 1 aromatic carbocycles. The van der Waals surface area contributed by atoms with Gasteiger partial charge in [-0.15, -0.1) is 0 Å². The number of carboxylic acid groups (broad SMARTS) is 1.